The molecule has 0 bridgehead atoms. The highest BCUT2D eigenvalue weighted by atomic mass is 16.7. The van der Waals surface area contributed by atoms with E-state index >= 15 is 0 Å². The summed E-state index contributed by atoms with van der Waals surface area (Å²) in [6.45, 7) is 0.709. The van der Waals surface area contributed by atoms with Crippen LogP contribution in [0.1, 0.15) is 11.5 Å². The quantitative estimate of drug-likeness (QED) is 0.790. The Bertz CT molecular complexity index is 417. The lowest BCUT2D eigenvalue weighted by Crippen LogP contribution is -2.37. The van der Waals surface area contributed by atoms with E-state index in [9.17, 15) is 4.79 Å². The van der Waals surface area contributed by atoms with E-state index in [0.29, 0.717) is 13.2 Å². The molecule has 1 aromatic rings. The average molecular weight is 251 g/mol. The van der Waals surface area contributed by atoms with Crippen molar-refractivity contribution in [2.75, 3.05) is 27.4 Å². The summed E-state index contributed by atoms with van der Waals surface area (Å²) >= 11 is 0. The predicted octanol–water partition coefficient (Wildman–Crippen LogP) is 0.898. The van der Waals surface area contributed by atoms with Crippen LogP contribution >= 0.6 is 0 Å². The molecule has 1 heterocycles. The first-order valence-electron chi connectivity index (χ1n) is 5.81. The Morgan fingerprint density at radius 1 is 1.44 bits per heavy atom. The molecule has 1 amide bonds. The van der Waals surface area contributed by atoms with Gasteiger partial charge in [-0.2, -0.15) is 0 Å². The standard InChI is InChI=1S/C13H17NO4/c1-16-12(17-2)7-14-13(15)10-8-18-11-6-4-3-5-9(10)11/h3-6,10,12H,7-8H2,1-2H3,(H,14,15). The molecule has 0 radical (unpaired) electrons. The fourth-order valence-electron chi connectivity index (χ4n) is 1.95. The van der Waals surface area contributed by atoms with Crippen LogP contribution in [0.25, 0.3) is 0 Å². The third-order valence-corrected chi connectivity index (χ3v) is 2.99. The van der Waals surface area contributed by atoms with Crippen LogP contribution in [0.4, 0.5) is 0 Å². The molecule has 0 saturated carbocycles. The Kier molecular flexibility index (Phi) is 4.17. The van der Waals surface area contributed by atoms with Gasteiger partial charge in [0.05, 0.1) is 6.54 Å². The first kappa shape index (κ1) is 12.9. The molecule has 18 heavy (non-hydrogen) atoms. The number of amides is 1. The number of carbonyl (C=O) groups excluding carboxylic acids is 1. The van der Waals surface area contributed by atoms with Crippen molar-refractivity contribution in [2.24, 2.45) is 0 Å². The molecular formula is C13H17NO4. The summed E-state index contributed by atoms with van der Waals surface area (Å²) in [6.07, 6.45) is -0.425. The molecule has 1 aromatic carbocycles. The Morgan fingerprint density at radius 3 is 2.89 bits per heavy atom. The first-order chi connectivity index (χ1) is 8.76. The van der Waals surface area contributed by atoms with Gasteiger partial charge in [0.15, 0.2) is 6.29 Å². The maximum absolute atomic E-state index is 12.0. The maximum atomic E-state index is 12.0. The van der Waals surface area contributed by atoms with Crippen LogP contribution in [-0.4, -0.2) is 39.6 Å². The molecule has 98 valence electrons. The van der Waals surface area contributed by atoms with Gasteiger partial charge in [0.25, 0.3) is 0 Å². The van der Waals surface area contributed by atoms with E-state index in [-0.39, 0.29) is 11.8 Å². The van der Waals surface area contributed by atoms with Gasteiger partial charge in [0.2, 0.25) is 5.91 Å². The minimum absolute atomic E-state index is 0.0703. The van der Waals surface area contributed by atoms with Crippen molar-refractivity contribution < 1.29 is 19.0 Å². The molecule has 1 atom stereocenters. The fraction of sp³-hybridized carbons (Fsp3) is 0.462. The summed E-state index contributed by atoms with van der Waals surface area (Å²) in [4.78, 5) is 12.0. The van der Waals surface area contributed by atoms with E-state index in [0.717, 1.165) is 11.3 Å². The van der Waals surface area contributed by atoms with Gasteiger partial charge in [-0.1, -0.05) is 18.2 Å². The normalized spacial score (nSPS) is 17.4. The van der Waals surface area contributed by atoms with Crippen molar-refractivity contribution in [1.82, 2.24) is 5.32 Å². The van der Waals surface area contributed by atoms with Crippen molar-refractivity contribution in [3.63, 3.8) is 0 Å². The van der Waals surface area contributed by atoms with Crippen LogP contribution in [0.3, 0.4) is 0 Å². The molecule has 2 rings (SSSR count). The Labute approximate surface area is 106 Å². The van der Waals surface area contributed by atoms with Crippen LogP contribution < -0.4 is 10.1 Å². The molecule has 5 nitrogen and oxygen atoms in total. The fourth-order valence-corrected chi connectivity index (χ4v) is 1.95. The van der Waals surface area contributed by atoms with E-state index in [1.54, 1.807) is 0 Å². The van der Waals surface area contributed by atoms with Crippen LogP contribution in [0.15, 0.2) is 24.3 Å². The summed E-state index contributed by atoms with van der Waals surface area (Å²) in [6, 6.07) is 7.58. The van der Waals surface area contributed by atoms with Crippen molar-refractivity contribution in [1.29, 1.82) is 0 Å². The molecule has 1 N–H and O–H groups in total. The van der Waals surface area contributed by atoms with Gasteiger partial charge in [-0.15, -0.1) is 0 Å². The van der Waals surface area contributed by atoms with Crippen molar-refractivity contribution in [3.05, 3.63) is 29.8 Å². The number of hydrogen-bond donors (Lipinski definition) is 1. The van der Waals surface area contributed by atoms with Crippen LogP contribution in [0.5, 0.6) is 5.75 Å². The maximum Gasteiger partial charge on any atom is 0.231 e. The lowest BCUT2D eigenvalue weighted by Gasteiger charge is -2.15. The van der Waals surface area contributed by atoms with E-state index in [2.05, 4.69) is 5.32 Å². The Balaban J connectivity index is 1.95. The first-order valence-corrected chi connectivity index (χ1v) is 5.81. The smallest absolute Gasteiger partial charge is 0.231 e. The third-order valence-electron chi connectivity index (χ3n) is 2.99. The van der Waals surface area contributed by atoms with E-state index < -0.39 is 6.29 Å². The van der Waals surface area contributed by atoms with Crippen LogP contribution in [0, 0.1) is 0 Å². The molecule has 0 spiro atoms. The van der Waals surface area contributed by atoms with Gasteiger partial charge >= 0.3 is 0 Å². The third kappa shape index (κ3) is 2.63. The summed E-state index contributed by atoms with van der Waals surface area (Å²) in [5.74, 6) is 0.460. The lowest BCUT2D eigenvalue weighted by atomic mass is 10.0. The molecule has 0 saturated heterocycles. The number of methoxy groups -OCH3 is 2. The van der Waals surface area contributed by atoms with Gasteiger partial charge in [-0.25, -0.2) is 0 Å². The minimum atomic E-state index is -0.425. The molecule has 1 unspecified atom stereocenters. The number of nitrogens with one attached hydrogen (secondary N) is 1. The molecular weight excluding hydrogens is 234 g/mol. The highest BCUT2D eigenvalue weighted by Gasteiger charge is 2.30. The van der Waals surface area contributed by atoms with Gasteiger partial charge in [-0.05, 0) is 6.07 Å². The number of ether oxygens (including phenoxy) is 3. The van der Waals surface area contributed by atoms with Crippen LogP contribution in [0.2, 0.25) is 0 Å². The average Bonchev–Trinajstić information content (AvgIpc) is 2.83. The molecule has 1 aliphatic heterocycles. The number of rotatable bonds is 5. The van der Waals surface area contributed by atoms with Gasteiger partial charge in [-0.3, -0.25) is 4.79 Å². The predicted molar refractivity (Wildman–Crippen MR) is 65.5 cm³/mol. The Hall–Kier alpha value is -1.59. The number of fused-ring (bicyclic) bond motifs is 1. The second-order valence-electron chi connectivity index (χ2n) is 4.05. The van der Waals surface area contributed by atoms with Gasteiger partial charge in [0, 0.05) is 19.8 Å². The topological polar surface area (TPSA) is 56.8 Å². The van der Waals surface area contributed by atoms with E-state index in [1.165, 1.54) is 14.2 Å². The highest BCUT2D eigenvalue weighted by molar-refractivity contribution is 5.85. The van der Waals surface area contributed by atoms with Crippen LogP contribution in [-0.2, 0) is 14.3 Å². The lowest BCUT2D eigenvalue weighted by molar-refractivity contribution is -0.128. The molecule has 0 aromatic heterocycles. The summed E-state index contributed by atoms with van der Waals surface area (Å²) < 4.78 is 15.5. The minimum Gasteiger partial charge on any atom is -0.492 e. The van der Waals surface area contributed by atoms with Crippen molar-refractivity contribution >= 4 is 5.91 Å². The zero-order chi connectivity index (χ0) is 13.0. The molecule has 1 aliphatic rings. The number of carbonyl (C=O) groups is 1. The molecule has 0 fully saturated rings. The number of benzene rings is 1. The molecule has 5 heteroatoms. The molecule has 0 aliphatic carbocycles. The number of hydrogen-bond acceptors (Lipinski definition) is 4. The zero-order valence-corrected chi connectivity index (χ0v) is 10.5. The SMILES string of the molecule is COC(CNC(=O)C1COc2ccccc21)OC. The van der Waals surface area contributed by atoms with Crippen molar-refractivity contribution in [2.45, 2.75) is 12.2 Å². The Morgan fingerprint density at radius 2 is 2.17 bits per heavy atom. The second kappa shape index (κ2) is 5.84. The zero-order valence-electron chi connectivity index (χ0n) is 10.5. The van der Waals surface area contributed by atoms with Gasteiger partial charge < -0.3 is 19.5 Å². The monoisotopic (exact) mass is 251 g/mol. The largest absolute Gasteiger partial charge is 0.492 e. The summed E-state index contributed by atoms with van der Waals surface area (Å²) in [7, 11) is 3.07. The van der Waals surface area contributed by atoms with Gasteiger partial charge in [0.1, 0.15) is 18.3 Å². The van der Waals surface area contributed by atoms with E-state index in [4.69, 9.17) is 14.2 Å². The van der Waals surface area contributed by atoms with E-state index in [1.807, 2.05) is 24.3 Å². The van der Waals surface area contributed by atoms with Crippen molar-refractivity contribution in [3.8, 4) is 5.75 Å². The summed E-state index contributed by atoms with van der Waals surface area (Å²) in [5.41, 5.74) is 0.932. The highest BCUT2D eigenvalue weighted by Crippen LogP contribution is 2.33. The number of para-hydroxylation sites is 1. The second-order valence-corrected chi connectivity index (χ2v) is 4.05. The summed E-state index contributed by atoms with van der Waals surface area (Å²) in [5, 5.41) is 2.80.